The van der Waals surface area contributed by atoms with Gasteiger partial charge in [-0.05, 0) is 51.3 Å². The van der Waals surface area contributed by atoms with Crippen LogP contribution >= 0.6 is 0 Å². The van der Waals surface area contributed by atoms with E-state index in [4.69, 9.17) is 9.47 Å². The van der Waals surface area contributed by atoms with Gasteiger partial charge in [0, 0.05) is 25.2 Å². The van der Waals surface area contributed by atoms with Gasteiger partial charge >= 0.3 is 6.09 Å². The van der Waals surface area contributed by atoms with E-state index in [1.807, 2.05) is 45.0 Å². The molecule has 3 rings (SSSR count). The van der Waals surface area contributed by atoms with Gasteiger partial charge < -0.3 is 25.0 Å². The zero-order valence-electron chi connectivity index (χ0n) is 17.5. The van der Waals surface area contributed by atoms with Crippen molar-refractivity contribution in [1.29, 1.82) is 0 Å². The fraction of sp³-hybridized carbons (Fsp3) is 0.476. The van der Waals surface area contributed by atoms with Crippen LogP contribution < -0.4 is 15.4 Å². The topological polar surface area (TPSA) is 88.6 Å². The molecule has 29 heavy (non-hydrogen) atoms. The predicted molar refractivity (Wildman–Crippen MR) is 113 cm³/mol. The lowest BCUT2D eigenvalue weighted by Crippen LogP contribution is -2.42. The molecule has 156 valence electrons. The second kappa shape index (κ2) is 9.45. The molecule has 2 N–H and O–H groups in total. The van der Waals surface area contributed by atoms with E-state index in [-0.39, 0.29) is 12.1 Å². The van der Waals surface area contributed by atoms with Gasteiger partial charge in [-0.25, -0.2) is 14.8 Å². The second-order valence-corrected chi connectivity index (χ2v) is 7.12. The zero-order chi connectivity index (χ0) is 20.8. The summed E-state index contributed by atoms with van der Waals surface area (Å²) >= 11 is 0. The third-order valence-corrected chi connectivity index (χ3v) is 4.83. The second-order valence-electron chi connectivity index (χ2n) is 7.12. The van der Waals surface area contributed by atoms with Gasteiger partial charge in [-0.2, -0.15) is 0 Å². The van der Waals surface area contributed by atoms with Crippen LogP contribution in [0.4, 0.5) is 22.1 Å². The summed E-state index contributed by atoms with van der Waals surface area (Å²) in [5.74, 6) is 2.90. The predicted octanol–water partition coefficient (Wildman–Crippen LogP) is 3.88. The number of piperidine rings is 1. The number of ether oxygens (including phenoxy) is 2. The van der Waals surface area contributed by atoms with Crippen molar-refractivity contribution in [3.63, 3.8) is 0 Å². The van der Waals surface area contributed by atoms with E-state index in [0.29, 0.717) is 31.3 Å². The first-order chi connectivity index (χ1) is 14.0. The lowest BCUT2D eigenvalue weighted by Gasteiger charge is -2.31. The van der Waals surface area contributed by atoms with Gasteiger partial charge in [-0.1, -0.05) is 6.07 Å². The maximum absolute atomic E-state index is 11.8. The number of likely N-dealkylation sites (tertiary alicyclic amines) is 1. The first-order valence-corrected chi connectivity index (χ1v) is 9.94. The molecule has 1 aliphatic heterocycles. The average Bonchev–Trinajstić information content (AvgIpc) is 2.68. The average molecular weight is 399 g/mol. The molecule has 8 heteroatoms. The Balaban J connectivity index is 1.66. The first-order valence-electron chi connectivity index (χ1n) is 9.94. The molecule has 0 bridgehead atoms. The fourth-order valence-corrected chi connectivity index (χ4v) is 3.39. The van der Waals surface area contributed by atoms with Crippen LogP contribution in [0.15, 0.2) is 24.3 Å². The number of aryl methyl sites for hydroxylation is 2. The van der Waals surface area contributed by atoms with Gasteiger partial charge in [-0.15, -0.1) is 0 Å². The van der Waals surface area contributed by atoms with Crippen molar-refractivity contribution >= 4 is 23.4 Å². The van der Waals surface area contributed by atoms with Crippen molar-refractivity contribution in [2.75, 3.05) is 37.4 Å². The minimum absolute atomic E-state index is 0.234. The van der Waals surface area contributed by atoms with Crippen LogP contribution in [-0.4, -0.2) is 53.8 Å². The van der Waals surface area contributed by atoms with Crippen molar-refractivity contribution < 1.29 is 14.3 Å². The van der Waals surface area contributed by atoms with Crippen molar-refractivity contribution in [3.8, 4) is 5.75 Å². The van der Waals surface area contributed by atoms with E-state index in [1.54, 1.807) is 12.0 Å². The number of nitrogens with one attached hydrogen (secondary N) is 2. The van der Waals surface area contributed by atoms with E-state index in [2.05, 4.69) is 20.6 Å². The number of anilines is 3. The summed E-state index contributed by atoms with van der Waals surface area (Å²) in [7, 11) is 1.65. The van der Waals surface area contributed by atoms with Crippen molar-refractivity contribution in [2.45, 2.75) is 39.7 Å². The zero-order valence-corrected chi connectivity index (χ0v) is 17.5. The monoisotopic (exact) mass is 399 g/mol. The van der Waals surface area contributed by atoms with Crippen molar-refractivity contribution in [1.82, 2.24) is 14.9 Å². The Morgan fingerprint density at radius 1 is 1.17 bits per heavy atom. The number of hydrogen-bond acceptors (Lipinski definition) is 7. The third kappa shape index (κ3) is 5.49. The van der Waals surface area contributed by atoms with Crippen LogP contribution in [0.3, 0.4) is 0 Å². The lowest BCUT2D eigenvalue weighted by atomic mass is 10.1. The van der Waals surface area contributed by atoms with Gasteiger partial charge in [0.15, 0.2) is 0 Å². The van der Waals surface area contributed by atoms with E-state index in [1.165, 1.54) is 0 Å². The van der Waals surface area contributed by atoms with Crippen LogP contribution in [0, 0.1) is 13.8 Å². The van der Waals surface area contributed by atoms with E-state index in [0.717, 1.165) is 35.7 Å². The Morgan fingerprint density at radius 2 is 1.90 bits per heavy atom. The number of hydrogen-bond donors (Lipinski definition) is 2. The minimum Gasteiger partial charge on any atom is -0.495 e. The summed E-state index contributed by atoms with van der Waals surface area (Å²) in [4.78, 5) is 22.6. The number of carbonyl (C=O) groups excluding carboxylic acids is 1. The minimum atomic E-state index is -0.234. The molecule has 0 radical (unpaired) electrons. The summed E-state index contributed by atoms with van der Waals surface area (Å²) in [6.45, 7) is 7.47. The molecule has 0 spiro atoms. The Labute approximate surface area is 171 Å². The van der Waals surface area contributed by atoms with Crippen LogP contribution in [-0.2, 0) is 4.74 Å². The number of aromatic nitrogens is 2. The summed E-state index contributed by atoms with van der Waals surface area (Å²) < 4.78 is 10.5. The van der Waals surface area contributed by atoms with Crippen LogP contribution in [0.25, 0.3) is 0 Å². The van der Waals surface area contributed by atoms with Crippen LogP contribution in [0.2, 0.25) is 0 Å². The Hall–Kier alpha value is -3.03. The Morgan fingerprint density at radius 3 is 2.59 bits per heavy atom. The van der Waals surface area contributed by atoms with Gasteiger partial charge in [0.05, 0.1) is 19.4 Å². The van der Waals surface area contributed by atoms with Gasteiger partial charge in [0.1, 0.15) is 23.2 Å². The molecule has 1 saturated heterocycles. The van der Waals surface area contributed by atoms with E-state index < -0.39 is 0 Å². The maximum atomic E-state index is 11.8. The molecule has 8 nitrogen and oxygen atoms in total. The summed E-state index contributed by atoms with van der Waals surface area (Å²) in [5, 5.41) is 6.81. The number of nitrogens with zero attached hydrogens (tertiary/aromatic N) is 3. The highest BCUT2D eigenvalue weighted by Crippen LogP contribution is 2.29. The highest BCUT2D eigenvalue weighted by molar-refractivity contribution is 5.68. The molecule has 0 unspecified atom stereocenters. The summed E-state index contributed by atoms with van der Waals surface area (Å²) in [5.41, 5.74) is 1.99. The lowest BCUT2D eigenvalue weighted by molar-refractivity contribution is 0.0983. The number of carbonyl (C=O) groups is 1. The highest BCUT2D eigenvalue weighted by atomic mass is 16.6. The van der Waals surface area contributed by atoms with Crippen LogP contribution in [0.1, 0.15) is 31.2 Å². The quantitative estimate of drug-likeness (QED) is 0.762. The molecule has 2 aromatic rings. The summed E-state index contributed by atoms with van der Waals surface area (Å²) in [6.07, 6.45) is 1.45. The van der Waals surface area contributed by atoms with Gasteiger partial charge in [0.2, 0.25) is 0 Å². The molecule has 0 aliphatic carbocycles. The molecule has 2 heterocycles. The largest absolute Gasteiger partial charge is 0.495 e. The van der Waals surface area contributed by atoms with Crippen LogP contribution in [0.5, 0.6) is 5.75 Å². The maximum Gasteiger partial charge on any atom is 0.409 e. The molecule has 0 atom stereocenters. The molecule has 1 aliphatic rings. The highest BCUT2D eigenvalue weighted by Gasteiger charge is 2.23. The first kappa shape index (κ1) is 20.7. The normalized spacial score (nSPS) is 14.4. The molecule has 1 amide bonds. The SMILES string of the molecule is CCOC(=O)N1CCC(Nc2cc(Nc3cc(C)ccc3OC)nc(C)n2)CC1. The fourth-order valence-electron chi connectivity index (χ4n) is 3.39. The number of methoxy groups -OCH3 is 1. The standard InChI is InChI=1S/C21H29N5O3/c1-5-29-21(27)26-10-8-16(9-11-26)24-19-13-20(23-15(3)22-19)25-17-12-14(2)6-7-18(17)28-4/h6-7,12-13,16H,5,8-11H2,1-4H3,(H2,22,23,24,25). The number of amides is 1. The smallest absolute Gasteiger partial charge is 0.409 e. The van der Waals surface area contributed by atoms with Crippen molar-refractivity contribution in [3.05, 3.63) is 35.7 Å². The van der Waals surface area contributed by atoms with E-state index >= 15 is 0 Å². The molecular formula is C21H29N5O3. The summed E-state index contributed by atoms with van der Waals surface area (Å²) in [6, 6.07) is 8.10. The molecular weight excluding hydrogens is 370 g/mol. The molecule has 1 aromatic heterocycles. The molecule has 0 saturated carbocycles. The van der Waals surface area contributed by atoms with E-state index in [9.17, 15) is 4.79 Å². The molecule has 1 aromatic carbocycles. The van der Waals surface area contributed by atoms with Gasteiger partial charge in [-0.3, -0.25) is 0 Å². The number of benzene rings is 1. The third-order valence-electron chi connectivity index (χ3n) is 4.83. The number of rotatable bonds is 6. The van der Waals surface area contributed by atoms with Crippen molar-refractivity contribution in [2.24, 2.45) is 0 Å². The Kier molecular flexibility index (Phi) is 6.74. The molecule has 1 fully saturated rings. The Bertz CT molecular complexity index is 850. The van der Waals surface area contributed by atoms with Gasteiger partial charge in [0.25, 0.3) is 0 Å².